The first-order valence-electron chi connectivity index (χ1n) is 13.2. The maximum absolute atomic E-state index is 15.0. The molecule has 0 aliphatic heterocycles. The van der Waals surface area contributed by atoms with Crippen LogP contribution in [0.2, 0.25) is 0 Å². The first-order chi connectivity index (χ1) is 17.9. The summed E-state index contributed by atoms with van der Waals surface area (Å²) in [6, 6.07) is 14.8. The number of benzene rings is 3. The van der Waals surface area contributed by atoms with Gasteiger partial charge >= 0.3 is 0 Å². The summed E-state index contributed by atoms with van der Waals surface area (Å²) in [6.07, 6.45) is 4.58. The van der Waals surface area contributed by atoms with Crippen molar-refractivity contribution in [2.75, 3.05) is 6.61 Å². The van der Waals surface area contributed by atoms with Crippen molar-refractivity contribution in [3.63, 3.8) is 0 Å². The van der Waals surface area contributed by atoms with Gasteiger partial charge in [0.15, 0.2) is 11.6 Å². The van der Waals surface area contributed by atoms with Crippen LogP contribution in [-0.2, 0) is 6.61 Å². The van der Waals surface area contributed by atoms with Gasteiger partial charge in [-0.1, -0.05) is 37.6 Å². The Morgan fingerprint density at radius 2 is 1.54 bits per heavy atom. The van der Waals surface area contributed by atoms with E-state index in [2.05, 4.69) is 6.92 Å². The van der Waals surface area contributed by atoms with E-state index in [1.54, 1.807) is 48.5 Å². The topological polar surface area (TPSA) is 38.7 Å². The summed E-state index contributed by atoms with van der Waals surface area (Å²) in [5, 5.41) is 10.3. The van der Waals surface area contributed by atoms with Crippen LogP contribution in [-0.4, -0.2) is 17.8 Å². The molecule has 3 aromatic carbocycles. The normalized spacial score (nSPS) is 18.4. The van der Waals surface area contributed by atoms with Crippen LogP contribution in [0.15, 0.2) is 54.6 Å². The minimum Gasteiger partial charge on any atom is -0.494 e. The van der Waals surface area contributed by atoms with Crippen molar-refractivity contribution in [1.82, 2.24) is 0 Å². The van der Waals surface area contributed by atoms with Gasteiger partial charge in [-0.3, -0.25) is 0 Å². The summed E-state index contributed by atoms with van der Waals surface area (Å²) in [4.78, 5) is 0. The Morgan fingerprint density at radius 3 is 2.19 bits per heavy atom. The average molecular weight is 513 g/mol. The van der Waals surface area contributed by atoms with Crippen molar-refractivity contribution in [3.8, 4) is 22.6 Å². The van der Waals surface area contributed by atoms with Gasteiger partial charge in [0.05, 0.1) is 12.7 Å². The minimum absolute atomic E-state index is 0.0370. The van der Waals surface area contributed by atoms with Crippen molar-refractivity contribution >= 4 is 0 Å². The van der Waals surface area contributed by atoms with Gasteiger partial charge in [0.25, 0.3) is 0 Å². The first-order valence-corrected chi connectivity index (χ1v) is 13.2. The van der Waals surface area contributed by atoms with Gasteiger partial charge in [0.2, 0.25) is 0 Å². The van der Waals surface area contributed by atoms with Gasteiger partial charge in [-0.05, 0) is 86.3 Å². The number of hydrogen-bond donors (Lipinski definition) is 1. The highest BCUT2D eigenvalue weighted by atomic mass is 19.2. The molecule has 1 N–H and O–H groups in total. The fraction of sp³-hybridized carbons (Fsp3) is 0.419. The second-order valence-electron chi connectivity index (χ2n) is 9.80. The number of aliphatic hydroxyl groups excluding tert-OH is 1. The molecule has 1 atom stereocenters. The van der Waals surface area contributed by atoms with E-state index >= 15 is 0 Å². The van der Waals surface area contributed by atoms with Crippen LogP contribution in [0, 0.1) is 23.4 Å². The van der Waals surface area contributed by atoms with Crippen molar-refractivity contribution in [3.05, 3.63) is 83.2 Å². The smallest absolute Gasteiger partial charge is 0.165 e. The van der Waals surface area contributed by atoms with E-state index in [0.29, 0.717) is 34.8 Å². The predicted molar refractivity (Wildman–Crippen MR) is 139 cm³/mol. The molecule has 4 rings (SSSR count). The molecule has 3 aromatic rings. The summed E-state index contributed by atoms with van der Waals surface area (Å²) < 4.78 is 55.4. The molecule has 0 bridgehead atoms. The molecule has 0 saturated heterocycles. The Bertz CT molecular complexity index is 1170. The van der Waals surface area contributed by atoms with Crippen LogP contribution < -0.4 is 9.47 Å². The second-order valence-corrected chi connectivity index (χ2v) is 9.80. The number of rotatable bonds is 10. The van der Waals surface area contributed by atoms with Crippen LogP contribution in [0.25, 0.3) is 11.1 Å². The monoisotopic (exact) mass is 512 g/mol. The lowest BCUT2D eigenvalue weighted by Crippen LogP contribution is -2.25. The van der Waals surface area contributed by atoms with Gasteiger partial charge in [-0.25, -0.2) is 13.2 Å². The summed E-state index contributed by atoms with van der Waals surface area (Å²) >= 11 is 0. The summed E-state index contributed by atoms with van der Waals surface area (Å²) in [5.41, 5.74) is 1.67. The second kappa shape index (κ2) is 12.5. The van der Waals surface area contributed by atoms with E-state index < -0.39 is 11.6 Å². The van der Waals surface area contributed by atoms with Crippen LogP contribution in [0.4, 0.5) is 13.2 Å². The van der Waals surface area contributed by atoms with Crippen molar-refractivity contribution in [1.29, 1.82) is 0 Å². The quantitative estimate of drug-likeness (QED) is 0.298. The highest BCUT2D eigenvalue weighted by molar-refractivity contribution is 5.65. The predicted octanol–water partition coefficient (Wildman–Crippen LogP) is 8.18. The summed E-state index contributed by atoms with van der Waals surface area (Å²) in [7, 11) is 0. The van der Waals surface area contributed by atoms with Crippen molar-refractivity contribution in [2.45, 2.75) is 71.0 Å². The van der Waals surface area contributed by atoms with E-state index in [9.17, 15) is 18.3 Å². The number of hydrogen-bond acceptors (Lipinski definition) is 3. The number of halogens is 3. The lowest BCUT2D eigenvalue weighted by Gasteiger charge is -2.32. The highest BCUT2D eigenvalue weighted by Gasteiger charge is 2.29. The molecule has 1 saturated carbocycles. The average Bonchev–Trinajstić information content (AvgIpc) is 2.90. The maximum Gasteiger partial charge on any atom is 0.165 e. The fourth-order valence-corrected chi connectivity index (χ4v) is 5.26. The fourth-order valence-electron chi connectivity index (χ4n) is 5.26. The Kier molecular flexibility index (Phi) is 9.14. The van der Waals surface area contributed by atoms with Gasteiger partial charge < -0.3 is 14.6 Å². The highest BCUT2D eigenvalue weighted by Crippen LogP contribution is 2.39. The zero-order chi connectivity index (χ0) is 26.4. The summed E-state index contributed by atoms with van der Waals surface area (Å²) in [5.74, 6) is -0.911. The third-order valence-electron chi connectivity index (χ3n) is 7.34. The molecule has 0 aromatic heterocycles. The van der Waals surface area contributed by atoms with E-state index in [4.69, 9.17) is 9.47 Å². The first kappa shape index (κ1) is 27.1. The van der Waals surface area contributed by atoms with Crippen LogP contribution in [0.5, 0.6) is 11.5 Å². The molecule has 3 nitrogen and oxygen atoms in total. The molecule has 1 unspecified atom stereocenters. The molecule has 6 heteroatoms. The third kappa shape index (κ3) is 6.48. The molecular formula is C31H35F3O3. The minimum atomic E-state index is -0.876. The molecule has 0 spiro atoms. The summed E-state index contributed by atoms with van der Waals surface area (Å²) in [6.45, 7) is 4.24. The van der Waals surface area contributed by atoms with Crippen LogP contribution in [0.3, 0.4) is 0 Å². The molecule has 1 fully saturated rings. The Hall–Kier alpha value is -2.99. The zero-order valence-electron chi connectivity index (χ0n) is 21.5. The largest absolute Gasteiger partial charge is 0.494 e. The molecule has 1 aliphatic rings. The molecule has 0 radical (unpaired) electrons. The van der Waals surface area contributed by atoms with E-state index in [-0.39, 0.29) is 35.9 Å². The Morgan fingerprint density at radius 1 is 0.838 bits per heavy atom. The lowest BCUT2D eigenvalue weighted by atomic mass is 9.76. The molecule has 37 heavy (non-hydrogen) atoms. The van der Waals surface area contributed by atoms with Gasteiger partial charge in [-0.2, -0.15) is 0 Å². The molecular weight excluding hydrogens is 477 g/mol. The van der Waals surface area contributed by atoms with Gasteiger partial charge in [0, 0.05) is 17.2 Å². The van der Waals surface area contributed by atoms with Crippen LogP contribution in [0.1, 0.15) is 69.4 Å². The maximum atomic E-state index is 15.0. The van der Waals surface area contributed by atoms with Crippen molar-refractivity contribution in [2.24, 2.45) is 5.92 Å². The van der Waals surface area contributed by atoms with E-state index in [1.807, 2.05) is 6.92 Å². The van der Waals surface area contributed by atoms with Crippen molar-refractivity contribution < 1.29 is 27.8 Å². The number of aliphatic hydroxyl groups is 1. The van der Waals surface area contributed by atoms with E-state index in [1.165, 1.54) is 6.07 Å². The zero-order valence-corrected chi connectivity index (χ0v) is 21.5. The van der Waals surface area contributed by atoms with Crippen LogP contribution >= 0.6 is 0 Å². The lowest BCUT2D eigenvalue weighted by molar-refractivity contribution is 0.0727. The van der Waals surface area contributed by atoms with Gasteiger partial charge in [0.1, 0.15) is 23.9 Å². The van der Waals surface area contributed by atoms with Gasteiger partial charge in [-0.15, -0.1) is 0 Å². The molecule has 1 aliphatic carbocycles. The molecule has 0 amide bonds. The Balaban J connectivity index is 1.37. The molecule has 198 valence electrons. The Labute approximate surface area is 217 Å². The standard InChI is InChI=1S/C31H35F3O3/c1-3-5-29(35)22-8-6-21(7-9-22)27-16-12-23(30(33)31(27)34)19-37-24-13-10-20(11-14-24)26-17-15-25(36-4-2)18-28(26)32/h10-18,21-22,29,35H,3-9,19H2,1-2H3. The number of ether oxygens (including phenoxy) is 2. The SMILES string of the molecule is CCCC(O)C1CCC(c2ccc(COc3ccc(-c4ccc(OCC)cc4F)cc3)c(F)c2F)CC1. The molecule has 0 heterocycles. The van der Waals surface area contributed by atoms with E-state index in [0.717, 1.165) is 38.5 Å². The third-order valence-corrected chi connectivity index (χ3v) is 7.34.